The zero-order valence-corrected chi connectivity index (χ0v) is 9.96. The standard InChI is InChI=1S/C8H14O2.C2H6.CO2/c1-4-5-6-10-8(9)7(2)3;1-2;2-1-3/h2,4-6H2,1,3H3;1-2H3;. The second-order valence-corrected chi connectivity index (χ2v) is 2.35. The van der Waals surface area contributed by atoms with Gasteiger partial charge in [0.25, 0.3) is 0 Å². The smallest absolute Gasteiger partial charge is 0.373 e. The number of hydrogen-bond acceptors (Lipinski definition) is 4. The Hall–Kier alpha value is -1.41. The van der Waals surface area contributed by atoms with Crippen LogP contribution in [0.25, 0.3) is 0 Å². The highest BCUT2D eigenvalue weighted by molar-refractivity contribution is 5.86. The van der Waals surface area contributed by atoms with Crippen LogP contribution in [-0.2, 0) is 19.1 Å². The van der Waals surface area contributed by atoms with Crippen molar-refractivity contribution >= 4 is 12.1 Å². The van der Waals surface area contributed by atoms with Gasteiger partial charge in [0.2, 0.25) is 0 Å². The lowest BCUT2D eigenvalue weighted by Gasteiger charge is -2.01. The van der Waals surface area contributed by atoms with Gasteiger partial charge in [0, 0.05) is 5.57 Å². The van der Waals surface area contributed by atoms with Gasteiger partial charge >= 0.3 is 12.1 Å². The fraction of sp³-hybridized carbons (Fsp3) is 0.636. The van der Waals surface area contributed by atoms with E-state index in [4.69, 9.17) is 14.3 Å². The number of carbonyl (C=O) groups excluding carboxylic acids is 3. The molecule has 88 valence electrons. The maximum atomic E-state index is 10.7. The van der Waals surface area contributed by atoms with Gasteiger partial charge in [0.1, 0.15) is 0 Å². The normalized spacial score (nSPS) is 6.93. The molecule has 4 heteroatoms. The minimum Gasteiger partial charge on any atom is -0.462 e. The van der Waals surface area contributed by atoms with Gasteiger partial charge in [-0.1, -0.05) is 33.8 Å². The summed E-state index contributed by atoms with van der Waals surface area (Å²) in [4.78, 5) is 26.9. The van der Waals surface area contributed by atoms with Crippen molar-refractivity contribution in [3.8, 4) is 0 Å². The molecule has 0 bridgehead atoms. The predicted octanol–water partition coefficient (Wildman–Crippen LogP) is 2.35. The Labute approximate surface area is 91.3 Å². The molecule has 0 unspecified atom stereocenters. The molecule has 0 rings (SSSR count). The van der Waals surface area contributed by atoms with E-state index in [9.17, 15) is 4.79 Å². The highest BCUT2D eigenvalue weighted by atomic mass is 16.5. The van der Waals surface area contributed by atoms with Gasteiger partial charge in [-0.25, -0.2) is 4.79 Å². The molecule has 0 aliphatic rings. The molecule has 0 fully saturated rings. The highest BCUT2D eigenvalue weighted by Gasteiger charge is 2.00. The molecule has 0 aliphatic heterocycles. The molecule has 0 spiro atoms. The summed E-state index contributed by atoms with van der Waals surface area (Å²) in [5, 5.41) is 0. The van der Waals surface area contributed by atoms with E-state index in [1.54, 1.807) is 6.92 Å². The minimum absolute atomic E-state index is 0.250. The number of ether oxygens (including phenoxy) is 1. The summed E-state index contributed by atoms with van der Waals surface area (Å²) in [5.41, 5.74) is 0.469. The number of rotatable bonds is 4. The lowest BCUT2D eigenvalue weighted by atomic mass is 10.3. The van der Waals surface area contributed by atoms with Crippen molar-refractivity contribution in [2.24, 2.45) is 0 Å². The highest BCUT2D eigenvalue weighted by Crippen LogP contribution is 1.94. The van der Waals surface area contributed by atoms with Gasteiger partial charge in [-0.15, -0.1) is 0 Å². The average molecular weight is 216 g/mol. The van der Waals surface area contributed by atoms with Crippen molar-refractivity contribution in [3.05, 3.63) is 12.2 Å². The third kappa shape index (κ3) is 24.5. The Bertz CT molecular complexity index is 191. The molecule has 0 amide bonds. The Morgan fingerprint density at radius 3 is 2.00 bits per heavy atom. The first-order chi connectivity index (χ1) is 7.09. The van der Waals surface area contributed by atoms with Gasteiger partial charge in [0.15, 0.2) is 0 Å². The van der Waals surface area contributed by atoms with Crippen molar-refractivity contribution in [1.82, 2.24) is 0 Å². The van der Waals surface area contributed by atoms with Crippen LogP contribution in [0.4, 0.5) is 0 Å². The van der Waals surface area contributed by atoms with E-state index < -0.39 is 0 Å². The zero-order valence-electron chi connectivity index (χ0n) is 9.96. The lowest BCUT2D eigenvalue weighted by molar-refractivity contribution is -0.191. The van der Waals surface area contributed by atoms with E-state index >= 15 is 0 Å². The third-order valence-electron chi connectivity index (χ3n) is 1.08. The summed E-state index contributed by atoms with van der Waals surface area (Å²) in [6, 6.07) is 0. The first kappa shape index (κ1) is 19.2. The molecule has 0 aliphatic carbocycles. The Morgan fingerprint density at radius 2 is 1.73 bits per heavy atom. The number of carbonyl (C=O) groups is 1. The summed E-state index contributed by atoms with van der Waals surface area (Å²) < 4.78 is 4.81. The van der Waals surface area contributed by atoms with Crippen molar-refractivity contribution in [2.75, 3.05) is 6.61 Å². The van der Waals surface area contributed by atoms with Crippen LogP contribution in [0.15, 0.2) is 12.2 Å². The van der Waals surface area contributed by atoms with Crippen LogP contribution in [0.1, 0.15) is 40.5 Å². The van der Waals surface area contributed by atoms with Crippen molar-refractivity contribution in [1.29, 1.82) is 0 Å². The molecular formula is C11H20O4. The van der Waals surface area contributed by atoms with Crippen LogP contribution < -0.4 is 0 Å². The molecule has 0 aromatic heterocycles. The molecular weight excluding hydrogens is 196 g/mol. The fourth-order valence-corrected chi connectivity index (χ4v) is 0.432. The van der Waals surface area contributed by atoms with Crippen LogP contribution in [0, 0.1) is 0 Å². The molecule has 0 radical (unpaired) electrons. The van der Waals surface area contributed by atoms with Gasteiger partial charge in [-0.3, -0.25) is 0 Å². The quantitative estimate of drug-likeness (QED) is 0.411. The fourth-order valence-electron chi connectivity index (χ4n) is 0.432. The van der Waals surface area contributed by atoms with Crippen LogP contribution in [-0.4, -0.2) is 18.7 Å². The summed E-state index contributed by atoms with van der Waals surface area (Å²) in [6.45, 7) is 11.7. The van der Waals surface area contributed by atoms with Gasteiger partial charge in [-0.05, 0) is 13.3 Å². The van der Waals surface area contributed by atoms with Gasteiger partial charge < -0.3 is 4.74 Å². The topological polar surface area (TPSA) is 60.4 Å². The predicted molar refractivity (Wildman–Crippen MR) is 57.0 cm³/mol. The van der Waals surface area contributed by atoms with E-state index in [0.29, 0.717) is 12.2 Å². The van der Waals surface area contributed by atoms with Crippen LogP contribution in [0.2, 0.25) is 0 Å². The van der Waals surface area contributed by atoms with Crippen LogP contribution in [0.3, 0.4) is 0 Å². The first-order valence-electron chi connectivity index (χ1n) is 4.92. The van der Waals surface area contributed by atoms with E-state index in [2.05, 4.69) is 13.5 Å². The number of hydrogen-bond donors (Lipinski definition) is 0. The summed E-state index contributed by atoms with van der Waals surface area (Å²) >= 11 is 0. The maximum Gasteiger partial charge on any atom is 0.373 e. The summed E-state index contributed by atoms with van der Waals surface area (Å²) in [7, 11) is 0. The lowest BCUT2D eigenvalue weighted by Crippen LogP contribution is -2.05. The monoisotopic (exact) mass is 216 g/mol. The minimum atomic E-state index is -0.284. The molecule has 15 heavy (non-hydrogen) atoms. The third-order valence-corrected chi connectivity index (χ3v) is 1.08. The van der Waals surface area contributed by atoms with Gasteiger partial charge in [-0.2, -0.15) is 9.59 Å². The first-order valence-corrected chi connectivity index (χ1v) is 4.92. The second kappa shape index (κ2) is 18.4. The molecule has 4 nitrogen and oxygen atoms in total. The molecule has 0 aromatic carbocycles. The Balaban J connectivity index is -0.000000245. The van der Waals surface area contributed by atoms with Crippen molar-refractivity contribution in [2.45, 2.75) is 40.5 Å². The largest absolute Gasteiger partial charge is 0.462 e. The van der Waals surface area contributed by atoms with Crippen LogP contribution in [0.5, 0.6) is 0 Å². The molecule has 0 atom stereocenters. The van der Waals surface area contributed by atoms with E-state index in [1.807, 2.05) is 13.8 Å². The zero-order chi connectivity index (χ0) is 12.7. The molecule has 0 heterocycles. The van der Waals surface area contributed by atoms with E-state index in [1.165, 1.54) is 0 Å². The number of unbranched alkanes of at least 4 members (excludes halogenated alkanes) is 1. The SMILES string of the molecule is C=C(C)C(=O)OCCCC.CC.O=C=O. The van der Waals surface area contributed by atoms with E-state index in [0.717, 1.165) is 12.8 Å². The maximum absolute atomic E-state index is 10.7. The number of esters is 1. The summed E-state index contributed by atoms with van der Waals surface area (Å²) in [5.74, 6) is -0.284. The van der Waals surface area contributed by atoms with Crippen LogP contribution >= 0.6 is 0 Å². The Kier molecular flexibility index (Phi) is 23.5. The van der Waals surface area contributed by atoms with E-state index in [-0.39, 0.29) is 12.1 Å². The second-order valence-electron chi connectivity index (χ2n) is 2.35. The van der Waals surface area contributed by atoms with Crippen molar-refractivity contribution < 1.29 is 19.1 Å². The van der Waals surface area contributed by atoms with Crippen molar-refractivity contribution in [3.63, 3.8) is 0 Å². The average Bonchev–Trinajstić information content (AvgIpc) is 2.22. The Morgan fingerprint density at radius 1 is 1.33 bits per heavy atom. The molecule has 0 saturated carbocycles. The molecule has 0 N–H and O–H groups in total. The summed E-state index contributed by atoms with van der Waals surface area (Å²) in [6.07, 6.45) is 2.22. The van der Waals surface area contributed by atoms with Gasteiger partial charge in [0.05, 0.1) is 6.61 Å². The molecule has 0 saturated heterocycles. The molecule has 0 aromatic rings.